The van der Waals surface area contributed by atoms with Crippen LogP contribution in [-0.2, 0) is 5.41 Å². The predicted molar refractivity (Wildman–Crippen MR) is 69.9 cm³/mol. The van der Waals surface area contributed by atoms with Gasteiger partial charge in [0, 0.05) is 0 Å². The first kappa shape index (κ1) is 13.1. The molecule has 0 fully saturated rings. The van der Waals surface area contributed by atoms with Gasteiger partial charge in [-0.3, -0.25) is 0 Å². The van der Waals surface area contributed by atoms with Crippen LogP contribution < -0.4 is 0 Å². The third-order valence-electron chi connectivity index (χ3n) is 3.61. The largest absolute Gasteiger partial charge is 0.508 e. The topological polar surface area (TPSA) is 20.2 Å². The third-order valence-corrected chi connectivity index (χ3v) is 3.61. The fourth-order valence-electron chi connectivity index (χ4n) is 2.74. The Morgan fingerprint density at radius 1 is 0.938 bits per heavy atom. The lowest BCUT2D eigenvalue weighted by molar-refractivity contribution is 0.343. The van der Waals surface area contributed by atoms with E-state index in [4.69, 9.17) is 0 Å². The van der Waals surface area contributed by atoms with Crippen LogP contribution in [0.15, 0.2) is 24.3 Å². The molecule has 90 valence electrons. The molecule has 0 atom stereocenters. The van der Waals surface area contributed by atoms with E-state index < -0.39 is 0 Å². The normalized spacial score (nSPS) is 11.7. The quantitative estimate of drug-likeness (QED) is 0.740. The summed E-state index contributed by atoms with van der Waals surface area (Å²) in [5.41, 5.74) is 1.70. The Labute approximate surface area is 99.5 Å². The molecule has 0 saturated carbocycles. The zero-order chi connectivity index (χ0) is 12.0. The van der Waals surface area contributed by atoms with E-state index in [2.05, 4.69) is 32.9 Å². The molecule has 0 radical (unpaired) electrons. The lowest BCUT2D eigenvalue weighted by atomic mass is 9.71. The standard InChI is InChI=1S/C15H24O/c1-4-11-15(6-3,12-5-2)13-7-9-14(16)10-8-13/h7-10,16H,4-6,11-12H2,1-3H3. The molecule has 1 N–H and O–H groups in total. The van der Waals surface area contributed by atoms with E-state index in [0.29, 0.717) is 11.2 Å². The highest BCUT2D eigenvalue weighted by molar-refractivity contribution is 5.31. The first-order chi connectivity index (χ1) is 7.68. The van der Waals surface area contributed by atoms with Gasteiger partial charge in [0.2, 0.25) is 0 Å². The van der Waals surface area contributed by atoms with Gasteiger partial charge in [-0.2, -0.15) is 0 Å². The van der Waals surface area contributed by atoms with Crippen molar-refractivity contribution in [2.24, 2.45) is 0 Å². The van der Waals surface area contributed by atoms with E-state index in [1.807, 2.05) is 12.1 Å². The van der Waals surface area contributed by atoms with Crippen molar-refractivity contribution in [1.82, 2.24) is 0 Å². The zero-order valence-electron chi connectivity index (χ0n) is 10.8. The summed E-state index contributed by atoms with van der Waals surface area (Å²) >= 11 is 0. The molecule has 1 aromatic carbocycles. The Kier molecular flexibility index (Phi) is 4.85. The molecule has 1 nitrogen and oxygen atoms in total. The summed E-state index contributed by atoms with van der Waals surface area (Å²) in [6.07, 6.45) is 6.09. The van der Waals surface area contributed by atoms with E-state index in [1.54, 1.807) is 0 Å². The average Bonchev–Trinajstić information content (AvgIpc) is 2.29. The number of benzene rings is 1. The number of phenols is 1. The second kappa shape index (κ2) is 5.93. The van der Waals surface area contributed by atoms with Crippen LogP contribution >= 0.6 is 0 Å². The molecule has 0 aromatic heterocycles. The molecule has 0 aliphatic rings. The van der Waals surface area contributed by atoms with Crippen LogP contribution in [0, 0.1) is 0 Å². The number of aromatic hydroxyl groups is 1. The SMILES string of the molecule is CCCC(CC)(CCC)c1ccc(O)cc1. The summed E-state index contributed by atoms with van der Waals surface area (Å²) in [5.74, 6) is 0.363. The van der Waals surface area contributed by atoms with E-state index in [9.17, 15) is 5.11 Å². The Bertz CT molecular complexity index is 294. The minimum Gasteiger partial charge on any atom is -0.508 e. The summed E-state index contributed by atoms with van der Waals surface area (Å²) in [6.45, 7) is 6.78. The van der Waals surface area contributed by atoms with Crippen LogP contribution in [0.2, 0.25) is 0 Å². The summed E-state index contributed by atoms with van der Waals surface area (Å²) in [6, 6.07) is 7.80. The minimum atomic E-state index is 0.317. The van der Waals surface area contributed by atoms with E-state index in [1.165, 1.54) is 37.7 Å². The highest BCUT2D eigenvalue weighted by Gasteiger charge is 2.28. The van der Waals surface area contributed by atoms with Crippen LogP contribution in [0.1, 0.15) is 58.4 Å². The summed E-state index contributed by atoms with van der Waals surface area (Å²) < 4.78 is 0. The third kappa shape index (κ3) is 2.78. The molecule has 0 amide bonds. The van der Waals surface area contributed by atoms with Crippen LogP contribution in [0.25, 0.3) is 0 Å². The van der Waals surface area contributed by atoms with Crippen molar-refractivity contribution in [3.05, 3.63) is 29.8 Å². The maximum atomic E-state index is 9.35. The molecule has 16 heavy (non-hydrogen) atoms. The van der Waals surface area contributed by atoms with Crippen molar-refractivity contribution in [3.63, 3.8) is 0 Å². The smallest absolute Gasteiger partial charge is 0.115 e. The Balaban J connectivity index is 3.02. The Morgan fingerprint density at radius 3 is 1.81 bits per heavy atom. The molecule has 0 unspecified atom stereocenters. The molecule has 0 heterocycles. The first-order valence-corrected chi connectivity index (χ1v) is 6.48. The summed E-state index contributed by atoms with van der Waals surface area (Å²) in [7, 11) is 0. The summed E-state index contributed by atoms with van der Waals surface area (Å²) in [5, 5.41) is 9.35. The minimum absolute atomic E-state index is 0.317. The fourth-order valence-corrected chi connectivity index (χ4v) is 2.74. The lowest BCUT2D eigenvalue weighted by Gasteiger charge is -2.33. The lowest BCUT2D eigenvalue weighted by Crippen LogP contribution is -2.24. The van der Waals surface area contributed by atoms with Crippen molar-refractivity contribution in [3.8, 4) is 5.75 Å². The zero-order valence-corrected chi connectivity index (χ0v) is 10.8. The number of rotatable bonds is 6. The second-order valence-electron chi connectivity index (χ2n) is 4.68. The highest BCUT2D eigenvalue weighted by atomic mass is 16.3. The van der Waals surface area contributed by atoms with Crippen LogP contribution in [0.3, 0.4) is 0 Å². The molecule has 1 aromatic rings. The van der Waals surface area contributed by atoms with Crippen LogP contribution in [-0.4, -0.2) is 5.11 Å². The monoisotopic (exact) mass is 220 g/mol. The van der Waals surface area contributed by atoms with Gasteiger partial charge in [0.05, 0.1) is 0 Å². The van der Waals surface area contributed by atoms with Gasteiger partial charge in [0.15, 0.2) is 0 Å². The Hall–Kier alpha value is -0.980. The van der Waals surface area contributed by atoms with Gasteiger partial charge in [-0.05, 0) is 42.4 Å². The van der Waals surface area contributed by atoms with Gasteiger partial charge >= 0.3 is 0 Å². The van der Waals surface area contributed by atoms with Gasteiger partial charge in [-0.25, -0.2) is 0 Å². The van der Waals surface area contributed by atoms with Gasteiger partial charge in [-0.1, -0.05) is 45.7 Å². The van der Waals surface area contributed by atoms with Gasteiger partial charge in [0.25, 0.3) is 0 Å². The maximum absolute atomic E-state index is 9.35. The van der Waals surface area contributed by atoms with Gasteiger partial charge in [0.1, 0.15) is 5.75 Å². The van der Waals surface area contributed by atoms with Crippen molar-refractivity contribution < 1.29 is 5.11 Å². The molecule has 0 spiro atoms. The fraction of sp³-hybridized carbons (Fsp3) is 0.600. The molecule has 0 saturated heterocycles. The summed E-state index contributed by atoms with van der Waals surface area (Å²) in [4.78, 5) is 0. The molecule has 0 aliphatic heterocycles. The van der Waals surface area contributed by atoms with Crippen molar-refractivity contribution in [2.75, 3.05) is 0 Å². The van der Waals surface area contributed by atoms with E-state index in [0.717, 1.165) is 0 Å². The predicted octanol–water partition coefficient (Wildman–Crippen LogP) is 4.64. The molecule has 0 bridgehead atoms. The highest BCUT2D eigenvalue weighted by Crippen LogP contribution is 2.37. The average molecular weight is 220 g/mol. The van der Waals surface area contributed by atoms with Gasteiger partial charge < -0.3 is 5.11 Å². The molecule has 0 aliphatic carbocycles. The van der Waals surface area contributed by atoms with Crippen molar-refractivity contribution in [1.29, 1.82) is 0 Å². The maximum Gasteiger partial charge on any atom is 0.115 e. The van der Waals surface area contributed by atoms with E-state index >= 15 is 0 Å². The molecule has 1 rings (SSSR count). The van der Waals surface area contributed by atoms with Crippen LogP contribution in [0.5, 0.6) is 5.75 Å². The van der Waals surface area contributed by atoms with Crippen LogP contribution in [0.4, 0.5) is 0 Å². The van der Waals surface area contributed by atoms with Gasteiger partial charge in [-0.15, -0.1) is 0 Å². The second-order valence-corrected chi connectivity index (χ2v) is 4.68. The number of hydrogen-bond acceptors (Lipinski definition) is 1. The number of hydrogen-bond donors (Lipinski definition) is 1. The molecule has 1 heteroatoms. The van der Waals surface area contributed by atoms with Crippen molar-refractivity contribution >= 4 is 0 Å². The Morgan fingerprint density at radius 2 is 1.44 bits per heavy atom. The molecular weight excluding hydrogens is 196 g/mol. The number of phenolic OH excluding ortho intramolecular Hbond substituents is 1. The first-order valence-electron chi connectivity index (χ1n) is 6.48. The van der Waals surface area contributed by atoms with E-state index in [-0.39, 0.29) is 0 Å². The van der Waals surface area contributed by atoms with Crippen molar-refractivity contribution in [2.45, 2.75) is 58.3 Å². The molecular formula is C15H24O.